The summed E-state index contributed by atoms with van der Waals surface area (Å²) >= 11 is 0. The van der Waals surface area contributed by atoms with Crippen molar-refractivity contribution in [3.8, 4) is 0 Å². The van der Waals surface area contributed by atoms with Gasteiger partial charge in [-0.15, -0.1) is 0 Å². The first-order valence-corrected chi connectivity index (χ1v) is 10.1. The van der Waals surface area contributed by atoms with E-state index in [0.717, 1.165) is 25.7 Å². The van der Waals surface area contributed by atoms with E-state index in [1.54, 1.807) is 6.92 Å². The predicted molar refractivity (Wildman–Crippen MR) is 99.4 cm³/mol. The highest BCUT2D eigenvalue weighted by Crippen LogP contribution is 2.46. The summed E-state index contributed by atoms with van der Waals surface area (Å²) in [6, 6.07) is 0. The Morgan fingerprint density at radius 2 is 1.60 bits per heavy atom. The fraction of sp³-hybridized carbons (Fsp3) is 0.857. The van der Waals surface area contributed by atoms with Crippen molar-refractivity contribution in [2.75, 3.05) is 13.2 Å². The van der Waals surface area contributed by atoms with Crippen molar-refractivity contribution in [1.29, 1.82) is 0 Å². The molecule has 25 heavy (non-hydrogen) atoms. The second-order valence-corrected chi connectivity index (χ2v) is 7.68. The fourth-order valence-corrected chi connectivity index (χ4v) is 3.81. The Morgan fingerprint density at radius 3 is 2.00 bits per heavy atom. The molecule has 2 aliphatic heterocycles. The largest absolute Gasteiger partial charge is 0.358 e. The SMILES string of the molecule is CCC(CC)COC(OCC(CC)CC)C12C=CC(O1)C(C(C)=O)C2. The van der Waals surface area contributed by atoms with Crippen LogP contribution in [0.4, 0.5) is 0 Å². The van der Waals surface area contributed by atoms with Crippen LogP contribution in [0.3, 0.4) is 0 Å². The first-order chi connectivity index (χ1) is 12.0. The summed E-state index contributed by atoms with van der Waals surface area (Å²) < 4.78 is 18.7. The number of fused-ring (bicyclic) bond motifs is 2. The maximum absolute atomic E-state index is 11.9. The second kappa shape index (κ2) is 9.29. The number of hydrogen-bond acceptors (Lipinski definition) is 4. The lowest BCUT2D eigenvalue weighted by Crippen LogP contribution is -2.44. The minimum absolute atomic E-state index is 0.0685. The number of carbonyl (C=O) groups is 1. The minimum Gasteiger partial charge on any atom is -0.358 e. The standard InChI is InChI=1S/C21H36O4/c1-6-16(7-2)13-23-20(24-14-17(8-3)9-4)21-11-10-19(25-21)18(12-21)15(5)22/h10-11,16-20H,6-9,12-14H2,1-5H3. The molecule has 1 saturated heterocycles. The van der Waals surface area contributed by atoms with Gasteiger partial charge in [-0.2, -0.15) is 0 Å². The highest BCUT2D eigenvalue weighted by molar-refractivity contribution is 5.80. The van der Waals surface area contributed by atoms with Crippen LogP contribution >= 0.6 is 0 Å². The van der Waals surface area contributed by atoms with E-state index in [9.17, 15) is 4.79 Å². The monoisotopic (exact) mass is 352 g/mol. The van der Waals surface area contributed by atoms with Crippen LogP contribution in [-0.4, -0.2) is 37.0 Å². The van der Waals surface area contributed by atoms with Crippen LogP contribution in [-0.2, 0) is 19.0 Å². The quantitative estimate of drug-likeness (QED) is 0.383. The molecular formula is C21H36O4. The van der Waals surface area contributed by atoms with E-state index < -0.39 is 11.9 Å². The maximum Gasteiger partial charge on any atom is 0.190 e. The van der Waals surface area contributed by atoms with Gasteiger partial charge in [-0.25, -0.2) is 0 Å². The number of ether oxygens (including phenoxy) is 3. The van der Waals surface area contributed by atoms with Crippen LogP contribution in [0.15, 0.2) is 12.2 Å². The van der Waals surface area contributed by atoms with E-state index >= 15 is 0 Å². The molecule has 0 aromatic rings. The molecule has 2 rings (SSSR count). The number of carbonyl (C=O) groups excluding carboxylic acids is 1. The third-order valence-corrected chi connectivity index (χ3v) is 6.06. The molecule has 3 atom stereocenters. The first-order valence-electron chi connectivity index (χ1n) is 10.1. The number of rotatable bonds is 12. The average molecular weight is 353 g/mol. The van der Waals surface area contributed by atoms with Crippen molar-refractivity contribution in [3.05, 3.63) is 12.2 Å². The van der Waals surface area contributed by atoms with Crippen LogP contribution in [0.1, 0.15) is 66.7 Å². The van der Waals surface area contributed by atoms with Gasteiger partial charge in [0.15, 0.2) is 6.29 Å². The van der Waals surface area contributed by atoms with Crippen LogP contribution in [0.2, 0.25) is 0 Å². The molecule has 2 heterocycles. The lowest BCUT2D eigenvalue weighted by molar-refractivity contribution is -0.233. The molecule has 0 saturated carbocycles. The van der Waals surface area contributed by atoms with Crippen molar-refractivity contribution in [1.82, 2.24) is 0 Å². The lowest BCUT2D eigenvalue weighted by atomic mass is 9.84. The van der Waals surface area contributed by atoms with Crippen molar-refractivity contribution < 1.29 is 19.0 Å². The molecule has 0 radical (unpaired) electrons. The summed E-state index contributed by atoms with van der Waals surface area (Å²) in [4.78, 5) is 11.9. The van der Waals surface area contributed by atoms with Crippen molar-refractivity contribution in [2.24, 2.45) is 17.8 Å². The number of hydrogen-bond donors (Lipinski definition) is 0. The zero-order valence-corrected chi connectivity index (χ0v) is 16.6. The molecule has 3 unspecified atom stereocenters. The van der Waals surface area contributed by atoms with Crippen molar-refractivity contribution >= 4 is 5.78 Å². The molecule has 2 aliphatic rings. The van der Waals surface area contributed by atoms with Gasteiger partial charge < -0.3 is 14.2 Å². The first kappa shape index (κ1) is 20.6. The van der Waals surface area contributed by atoms with Crippen LogP contribution in [0.5, 0.6) is 0 Å². The second-order valence-electron chi connectivity index (χ2n) is 7.68. The van der Waals surface area contributed by atoms with E-state index in [2.05, 4.69) is 33.8 Å². The number of ketones is 1. The zero-order valence-electron chi connectivity index (χ0n) is 16.6. The molecule has 2 bridgehead atoms. The van der Waals surface area contributed by atoms with Crippen molar-refractivity contribution in [2.45, 2.75) is 84.7 Å². The summed E-state index contributed by atoms with van der Waals surface area (Å²) in [5.41, 5.74) is -0.598. The van der Waals surface area contributed by atoms with E-state index in [0.29, 0.717) is 31.5 Å². The Hall–Kier alpha value is -0.710. The normalized spacial score (nSPS) is 28.0. The molecule has 0 aromatic heterocycles. The van der Waals surface area contributed by atoms with Gasteiger partial charge in [0.2, 0.25) is 0 Å². The van der Waals surface area contributed by atoms with E-state index in [1.165, 1.54) is 0 Å². The van der Waals surface area contributed by atoms with Gasteiger partial charge in [-0.3, -0.25) is 4.79 Å². The van der Waals surface area contributed by atoms with E-state index in [1.807, 2.05) is 6.08 Å². The molecule has 0 aromatic carbocycles. The summed E-state index contributed by atoms with van der Waals surface area (Å²) in [7, 11) is 0. The van der Waals surface area contributed by atoms with Crippen molar-refractivity contribution in [3.63, 3.8) is 0 Å². The van der Waals surface area contributed by atoms with Gasteiger partial charge in [0.1, 0.15) is 11.4 Å². The average Bonchev–Trinajstić information content (AvgIpc) is 3.21. The molecule has 0 amide bonds. The van der Waals surface area contributed by atoms with Gasteiger partial charge in [0.25, 0.3) is 0 Å². The third kappa shape index (κ3) is 4.72. The topological polar surface area (TPSA) is 44.8 Å². The molecule has 0 N–H and O–H groups in total. The lowest BCUT2D eigenvalue weighted by Gasteiger charge is -2.34. The predicted octanol–water partition coefficient (Wildman–Crippen LogP) is 4.52. The van der Waals surface area contributed by atoms with Crippen LogP contribution in [0.25, 0.3) is 0 Å². The molecular weight excluding hydrogens is 316 g/mol. The molecule has 0 aliphatic carbocycles. The van der Waals surface area contributed by atoms with E-state index in [4.69, 9.17) is 14.2 Å². The third-order valence-electron chi connectivity index (χ3n) is 6.06. The smallest absolute Gasteiger partial charge is 0.190 e. The summed E-state index contributed by atoms with van der Waals surface area (Å²) in [6.07, 6.45) is 8.59. The van der Waals surface area contributed by atoms with Gasteiger partial charge in [-0.1, -0.05) is 59.5 Å². The summed E-state index contributed by atoms with van der Waals surface area (Å²) in [5.74, 6) is 1.18. The highest BCUT2D eigenvalue weighted by atomic mass is 16.7. The Morgan fingerprint density at radius 1 is 1.08 bits per heavy atom. The molecule has 4 nitrogen and oxygen atoms in total. The fourth-order valence-electron chi connectivity index (χ4n) is 3.81. The Labute approximate surface area is 153 Å². The molecule has 4 heteroatoms. The van der Waals surface area contributed by atoms with Gasteiger partial charge in [0.05, 0.1) is 25.2 Å². The molecule has 144 valence electrons. The van der Waals surface area contributed by atoms with Gasteiger partial charge >= 0.3 is 0 Å². The van der Waals surface area contributed by atoms with Crippen LogP contribution in [0, 0.1) is 17.8 Å². The molecule has 1 fully saturated rings. The maximum atomic E-state index is 11.9. The zero-order chi connectivity index (χ0) is 18.4. The molecule has 0 spiro atoms. The Balaban J connectivity index is 2.08. The summed E-state index contributed by atoms with van der Waals surface area (Å²) in [5, 5.41) is 0. The minimum atomic E-state index is -0.598. The van der Waals surface area contributed by atoms with Gasteiger partial charge in [-0.05, 0) is 31.3 Å². The Kier molecular flexibility index (Phi) is 7.66. The van der Waals surface area contributed by atoms with Gasteiger partial charge in [0, 0.05) is 0 Å². The number of Topliss-reactive ketones (excluding diaryl/α,β-unsaturated/α-hetero) is 1. The van der Waals surface area contributed by atoms with Crippen LogP contribution < -0.4 is 0 Å². The highest BCUT2D eigenvalue weighted by Gasteiger charge is 2.55. The Bertz CT molecular complexity index is 437. The van der Waals surface area contributed by atoms with E-state index in [-0.39, 0.29) is 17.8 Å². The summed E-state index contributed by atoms with van der Waals surface area (Å²) in [6.45, 7) is 11.8.